The summed E-state index contributed by atoms with van der Waals surface area (Å²) in [5, 5.41) is 0. The second-order valence-corrected chi connectivity index (χ2v) is 6.54. The van der Waals surface area contributed by atoms with Crippen molar-refractivity contribution in [3.63, 3.8) is 0 Å². The minimum atomic E-state index is 0.130. The van der Waals surface area contributed by atoms with Crippen molar-refractivity contribution in [2.75, 3.05) is 33.3 Å². The lowest BCUT2D eigenvalue weighted by atomic mass is 10.1. The number of rotatable bonds is 5. The third kappa shape index (κ3) is 4.91. The predicted octanol–water partition coefficient (Wildman–Crippen LogP) is 3.18. The van der Waals surface area contributed by atoms with E-state index in [1.54, 1.807) is 7.11 Å². The van der Waals surface area contributed by atoms with Crippen LogP contribution in [0.3, 0.4) is 0 Å². The molecule has 0 spiro atoms. The molecule has 4 nitrogen and oxygen atoms in total. The fourth-order valence-electron chi connectivity index (χ4n) is 3.27. The average molecular weight is 338 g/mol. The van der Waals surface area contributed by atoms with Gasteiger partial charge in [-0.05, 0) is 29.7 Å². The molecule has 1 saturated heterocycles. The van der Waals surface area contributed by atoms with Gasteiger partial charge in [0.1, 0.15) is 0 Å². The molecule has 0 bridgehead atoms. The molecule has 0 aliphatic carbocycles. The Hall–Kier alpha value is -2.17. The van der Waals surface area contributed by atoms with E-state index in [0.717, 1.165) is 50.3 Å². The third-order valence-corrected chi connectivity index (χ3v) is 4.64. The van der Waals surface area contributed by atoms with Crippen LogP contribution in [0.25, 0.3) is 0 Å². The lowest BCUT2D eigenvalue weighted by Crippen LogP contribution is -2.35. The lowest BCUT2D eigenvalue weighted by molar-refractivity contribution is 0.0761. The van der Waals surface area contributed by atoms with Crippen molar-refractivity contribution in [1.29, 1.82) is 0 Å². The Bertz CT molecular complexity index is 670. The van der Waals surface area contributed by atoms with Crippen LogP contribution in [-0.2, 0) is 17.9 Å². The molecule has 25 heavy (non-hydrogen) atoms. The van der Waals surface area contributed by atoms with E-state index in [9.17, 15) is 4.79 Å². The number of carbonyl (C=O) groups excluding carboxylic acids is 1. The highest BCUT2D eigenvalue weighted by Crippen LogP contribution is 2.13. The molecule has 0 atom stereocenters. The normalized spacial score (nSPS) is 15.8. The Kier molecular flexibility index (Phi) is 6.20. The van der Waals surface area contributed by atoms with Crippen LogP contribution < -0.4 is 0 Å². The molecule has 1 fully saturated rings. The first-order valence-corrected chi connectivity index (χ1v) is 8.89. The second kappa shape index (κ2) is 8.79. The molecule has 1 aliphatic heterocycles. The Morgan fingerprint density at radius 1 is 0.920 bits per heavy atom. The van der Waals surface area contributed by atoms with E-state index in [1.165, 1.54) is 5.56 Å². The summed E-state index contributed by atoms with van der Waals surface area (Å²) in [5.74, 6) is 0.130. The molecule has 0 aromatic heterocycles. The summed E-state index contributed by atoms with van der Waals surface area (Å²) in [7, 11) is 1.68. The van der Waals surface area contributed by atoms with Crippen LogP contribution in [0.2, 0.25) is 0 Å². The zero-order chi connectivity index (χ0) is 17.5. The molecule has 0 saturated carbocycles. The number of benzene rings is 2. The molecule has 1 amide bonds. The Labute approximate surface area is 150 Å². The van der Waals surface area contributed by atoms with E-state index in [1.807, 2.05) is 35.2 Å². The summed E-state index contributed by atoms with van der Waals surface area (Å²) in [6.07, 6.45) is 1.01. The number of hydrogen-bond donors (Lipinski definition) is 0. The summed E-state index contributed by atoms with van der Waals surface area (Å²) < 4.78 is 5.12. The molecule has 132 valence electrons. The number of hydrogen-bond acceptors (Lipinski definition) is 3. The zero-order valence-corrected chi connectivity index (χ0v) is 14.9. The van der Waals surface area contributed by atoms with E-state index >= 15 is 0 Å². The van der Waals surface area contributed by atoms with E-state index < -0.39 is 0 Å². The van der Waals surface area contributed by atoms with Crippen molar-refractivity contribution in [1.82, 2.24) is 9.80 Å². The first-order valence-electron chi connectivity index (χ1n) is 8.89. The van der Waals surface area contributed by atoms with Crippen LogP contribution in [0.15, 0.2) is 54.6 Å². The van der Waals surface area contributed by atoms with E-state index in [2.05, 4.69) is 29.2 Å². The minimum Gasteiger partial charge on any atom is -0.380 e. The van der Waals surface area contributed by atoms with Gasteiger partial charge in [0.05, 0.1) is 6.61 Å². The summed E-state index contributed by atoms with van der Waals surface area (Å²) in [4.78, 5) is 17.2. The van der Waals surface area contributed by atoms with Crippen molar-refractivity contribution in [3.8, 4) is 0 Å². The molecule has 4 heteroatoms. The van der Waals surface area contributed by atoms with Gasteiger partial charge in [0, 0.05) is 45.4 Å². The van der Waals surface area contributed by atoms with Gasteiger partial charge < -0.3 is 9.64 Å². The molecule has 0 unspecified atom stereocenters. The molecular formula is C21H26N2O2. The first kappa shape index (κ1) is 17.6. The monoisotopic (exact) mass is 338 g/mol. The standard InChI is InChI=1S/C21H26N2O2/c1-25-17-19-8-10-20(11-9-19)21(24)23-13-5-12-22(14-15-23)16-18-6-3-2-4-7-18/h2-4,6-11H,5,12-17H2,1H3. The van der Waals surface area contributed by atoms with Crippen LogP contribution in [0.5, 0.6) is 0 Å². The second-order valence-electron chi connectivity index (χ2n) is 6.54. The molecule has 3 rings (SSSR count). The van der Waals surface area contributed by atoms with Gasteiger partial charge in [0.2, 0.25) is 0 Å². The highest BCUT2D eigenvalue weighted by atomic mass is 16.5. The molecule has 0 radical (unpaired) electrons. The van der Waals surface area contributed by atoms with E-state index in [0.29, 0.717) is 6.61 Å². The van der Waals surface area contributed by atoms with E-state index in [4.69, 9.17) is 4.74 Å². The Morgan fingerprint density at radius 3 is 2.40 bits per heavy atom. The fourth-order valence-corrected chi connectivity index (χ4v) is 3.27. The first-order chi connectivity index (χ1) is 12.3. The lowest BCUT2D eigenvalue weighted by Gasteiger charge is -2.22. The van der Waals surface area contributed by atoms with Gasteiger partial charge in [-0.1, -0.05) is 42.5 Å². The average Bonchev–Trinajstić information content (AvgIpc) is 2.89. The molecule has 1 heterocycles. The van der Waals surface area contributed by atoms with E-state index in [-0.39, 0.29) is 5.91 Å². The molecule has 2 aromatic rings. The highest BCUT2D eigenvalue weighted by Gasteiger charge is 2.20. The topological polar surface area (TPSA) is 32.8 Å². The van der Waals surface area contributed by atoms with Gasteiger partial charge in [-0.15, -0.1) is 0 Å². The molecule has 1 aliphatic rings. The van der Waals surface area contributed by atoms with Gasteiger partial charge in [0.15, 0.2) is 0 Å². The zero-order valence-electron chi connectivity index (χ0n) is 14.9. The molecule has 0 N–H and O–H groups in total. The van der Waals surface area contributed by atoms with Crippen LogP contribution in [-0.4, -0.2) is 49.0 Å². The van der Waals surface area contributed by atoms with Crippen LogP contribution in [0.4, 0.5) is 0 Å². The summed E-state index contributed by atoms with van der Waals surface area (Å²) in [6, 6.07) is 18.3. The fraction of sp³-hybridized carbons (Fsp3) is 0.381. The van der Waals surface area contributed by atoms with Crippen LogP contribution >= 0.6 is 0 Å². The molecule has 2 aromatic carbocycles. The largest absolute Gasteiger partial charge is 0.380 e. The quantitative estimate of drug-likeness (QED) is 0.839. The predicted molar refractivity (Wildman–Crippen MR) is 99.4 cm³/mol. The van der Waals surface area contributed by atoms with Crippen molar-refractivity contribution in [2.45, 2.75) is 19.6 Å². The highest BCUT2D eigenvalue weighted by molar-refractivity contribution is 5.94. The van der Waals surface area contributed by atoms with Crippen molar-refractivity contribution in [3.05, 3.63) is 71.3 Å². The summed E-state index contributed by atoms with van der Waals surface area (Å²) >= 11 is 0. The number of nitrogens with zero attached hydrogens (tertiary/aromatic N) is 2. The van der Waals surface area contributed by atoms with Gasteiger partial charge in [-0.3, -0.25) is 9.69 Å². The van der Waals surface area contributed by atoms with Gasteiger partial charge in [0.25, 0.3) is 5.91 Å². The minimum absolute atomic E-state index is 0.130. The maximum Gasteiger partial charge on any atom is 0.253 e. The number of amides is 1. The smallest absolute Gasteiger partial charge is 0.253 e. The molecular weight excluding hydrogens is 312 g/mol. The number of methoxy groups -OCH3 is 1. The van der Waals surface area contributed by atoms with Crippen LogP contribution in [0, 0.1) is 0 Å². The summed E-state index contributed by atoms with van der Waals surface area (Å²) in [6.45, 7) is 5.09. The van der Waals surface area contributed by atoms with Gasteiger partial charge in [-0.25, -0.2) is 0 Å². The third-order valence-electron chi connectivity index (χ3n) is 4.64. The van der Waals surface area contributed by atoms with Gasteiger partial charge in [-0.2, -0.15) is 0 Å². The van der Waals surface area contributed by atoms with Crippen LogP contribution in [0.1, 0.15) is 27.9 Å². The summed E-state index contributed by atoms with van der Waals surface area (Å²) in [5.41, 5.74) is 3.18. The number of ether oxygens (including phenoxy) is 1. The van der Waals surface area contributed by atoms with Crippen molar-refractivity contribution >= 4 is 5.91 Å². The Balaban J connectivity index is 1.57. The van der Waals surface area contributed by atoms with Gasteiger partial charge >= 0.3 is 0 Å². The maximum absolute atomic E-state index is 12.8. The number of carbonyl (C=O) groups is 1. The Morgan fingerprint density at radius 2 is 1.68 bits per heavy atom. The van der Waals surface area contributed by atoms with Crippen molar-refractivity contribution < 1.29 is 9.53 Å². The SMILES string of the molecule is COCc1ccc(C(=O)N2CCCN(Cc3ccccc3)CC2)cc1. The van der Waals surface area contributed by atoms with Crippen molar-refractivity contribution in [2.24, 2.45) is 0 Å². The maximum atomic E-state index is 12.8.